The van der Waals surface area contributed by atoms with E-state index in [1.807, 2.05) is 24.3 Å². The predicted octanol–water partition coefficient (Wildman–Crippen LogP) is 3.43. The fraction of sp³-hybridized carbons (Fsp3) is 0.588. The Balaban J connectivity index is 0.00000176. The zero-order chi connectivity index (χ0) is 14.9. The number of carbonyl (C=O) groups is 1. The van der Waals surface area contributed by atoms with E-state index in [1.165, 1.54) is 12.8 Å². The van der Waals surface area contributed by atoms with Crippen LogP contribution in [0.5, 0.6) is 0 Å². The number of carbonyl (C=O) groups excluding carboxylic acids is 1. The monoisotopic (exact) mass is 342 g/mol. The third-order valence-electron chi connectivity index (χ3n) is 5.03. The molecule has 1 unspecified atom stereocenters. The average Bonchev–Trinajstić information content (AvgIpc) is 3.20. The van der Waals surface area contributed by atoms with Crippen molar-refractivity contribution in [2.45, 2.75) is 50.0 Å². The number of halogens is 2. The molecule has 3 rings (SSSR count). The van der Waals surface area contributed by atoms with E-state index in [1.54, 1.807) is 0 Å². The van der Waals surface area contributed by atoms with E-state index < -0.39 is 5.41 Å². The molecular weight excluding hydrogens is 319 g/mol. The van der Waals surface area contributed by atoms with Crippen molar-refractivity contribution in [1.29, 1.82) is 0 Å². The second-order valence-electron chi connectivity index (χ2n) is 6.45. The summed E-state index contributed by atoms with van der Waals surface area (Å²) in [6.07, 6.45) is 6.37. The first kappa shape index (κ1) is 17.6. The summed E-state index contributed by atoms with van der Waals surface area (Å²) in [5, 5.41) is 3.92. The van der Waals surface area contributed by atoms with Gasteiger partial charge in [0.25, 0.3) is 0 Å². The third kappa shape index (κ3) is 3.42. The summed E-state index contributed by atoms with van der Waals surface area (Å²) in [5.41, 5.74) is 6.47. The van der Waals surface area contributed by atoms with Crippen molar-refractivity contribution in [3.63, 3.8) is 0 Å². The molecular formula is C17H24Cl2N2O. The van der Waals surface area contributed by atoms with Gasteiger partial charge in [-0.1, -0.05) is 36.6 Å². The highest BCUT2D eigenvalue weighted by atomic mass is 35.5. The predicted molar refractivity (Wildman–Crippen MR) is 92.6 cm³/mol. The van der Waals surface area contributed by atoms with Crippen LogP contribution >= 0.6 is 24.0 Å². The first-order valence-electron chi connectivity index (χ1n) is 7.93. The SMILES string of the molecule is Cl.NCC(NC(=O)C1(c2cccc(Cl)c2)CCCC1)C1CC1. The highest BCUT2D eigenvalue weighted by Crippen LogP contribution is 2.42. The number of nitrogens with one attached hydrogen (secondary N) is 1. The number of hydrogen-bond acceptors (Lipinski definition) is 2. The molecule has 0 aromatic heterocycles. The minimum atomic E-state index is -0.410. The van der Waals surface area contributed by atoms with E-state index >= 15 is 0 Å². The van der Waals surface area contributed by atoms with Crippen molar-refractivity contribution in [3.8, 4) is 0 Å². The minimum Gasteiger partial charge on any atom is -0.351 e. The molecule has 0 radical (unpaired) electrons. The van der Waals surface area contributed by atoms with Gasteiger partial charge < -0.3 is 11.1 Å². The molecule has 5 heteroatoms. The van der Waals surface area contributed by atoms with Crippen LogP contribution in [0.4, 0.5) is 0 Å². The molecule has 1 amide bonds. The molecule has 1 aromatic carbocycles. The maximum atomic E-state index is 13.0. The summed E-state index contributed by atoms with van der Waals surface area (Å²) in [5.74, 6) is 0.724. The van der Waals surface area contributed by atoms with Gasteiger partial charge in [-0.2, -0.15) is 0 Å². The fourth-order valence-electron chi connectivity index (χ4n) is 3.59. The van der Waals surface area contributed by atoms with Crippen molar-refractivity contribution in [2.75, 3.05) is 6.54 Å². The van der Waals surface area contributed by atoms with Gasteiger partial charge in [-0.15, -0.1) is 12.4 Å². The molecule has 2 aliphatic carbocycles. The molecule has 2 saturated carbocycles. The Morgan fingerprint density at radius 3 is 2.59 bits per heavy atom. The van der Waals surface area contributed by atoms with Crippen LogP contribution in [-0.2, 0) is 10.2 Å². The third-order valence-corrected chi connectivity index (χ3v) is 5.27. The second-order valence-corrected chi connectivity index (χ2v) is 6.89. The Hall–Kier alpha value is -0.770. The quantitative estimate of drug-likeness (QED) is 0.861. The second kappa shape index (κ2) is 7.20. The Bertz CT molecular complexity index is 525. The first-order chi connectivity index (χ1) is 10.2. The fourth-order valence-corrected chi connectivity index (χ4v) is 3.78. The highest BCUT2D eigenvalue weighted by molar-refractivity contribution is 6.30. The largest absolute Gasteiger partial charge is 0.351 e. The number of hydrogen-bond donors (Lipinski definition) is 2. The summed E-state index contributed by atoms with van der Waals surface area (Å²) in [4.78, 5) is 13.0. The summed E-state index contributed by atoms with van der Waals surface area (Å²) >= 11 is 6.13. The number of benzene rings is 1. The normalized spacial score (nSPS) is 21.0. The Labute approximate surface area is 143 Å². The van der Waals surface area contributed by atoms with Gasteiger partial charge in [0.2, 0.25) is 5.91 Å². The van der Waals surface area contributed by atoms with Gasteiger partial charge in [0, 0.05) is 17.6 Å². The zero-order valence-electron chi connectivity index (χ0n) is 12.7. The molecule has 1 aromatic rings. The van der Waals surface area contributed by atoms with Crippen molar-refractivity contribution < 1.29 is 4.79 Å². The van der Waals surface area contributed by atoms with E-state index in [2.05, 4.69) is 5.32 Å². The summed E-state index contributed by atoms with van der Waals surface area (Å²) in [6, 6.07) is 7.91. The molecule has 2 fully saturated rings. The number of nitrogens with two attached hydrogens (primary N) is 1. The number of amides is 1. The molecule has 0 saturated heterocycles. The Kier molecular flexibility index (Phi) is 5.76. The van der Waals surface area contributed by atoms with Crippen molar-refractivity contribution in [1.82, 2.24) is 5.32 Å². The lowest BCUT2D eigenvalue weighted by atomic mass is 9.77. The molecule has 3 nitrogen and oxygen atoms in total. The first-order valence-corrected chi connectivity index (χ1v) is 8.30. The molecule has 3 N–H and O–H groups in total. The van der Waals surface area contributed by atoms with Gasteiger partial charge >= 0.3 is 0 Å². The van der Waals surface area contributed by atoms with Crippen LogP contribution < -0.4 is 11.1 Å². The van der Waals surface area contributed by atoms with Crippen LogP contribution in [0.3, 0.4) is 0 Å². The van der Waals surface area contributed by atoms with Crippen LogP contribution in [0.15, 0.2) is 24.3 Å². The average molecular weight is 343 g/mol. The summed E-state index contributed by atoms with van der Waals surface area (Å²) in [6.45, 7) is 0.530. The minimum absolute atomic E-state index is 0. The van der Waals surface area contributed by atoms with Crippen LogP contribution in [0.25, 0.3) is 0 Å². The maximum absolute atomic E-state index is 13.0. The lowest BCUT2D eigenvalue weighted by molar-refractivity contribution is -0.127. The molecule has 2 aliphatic rings. The van der Waals surface area contributed by atoms with E-state index in [0.717, 1.165) is 31.2 Å². The van der Waals surface area contributed by atoms with Crippen LogP contribution in [0, 0.1) is 5.92 Å². The zero-order valence-corrected chi connectivity index (χ0v) is 14.3. The van der Waals surface area contributed by atoms with Gasteiger partial charge in [-0.3, -0.25) is 4.79 Å². The Morgan fingerprint density at radius 1 is 1.36 bits per heavy atom. The van der Waals surface area contributed by atoms with E-state index in [0.29, 0.717) is 17.5 Å². The van der Waals surface area contributed by atoms with Crippen molar-refractivity contribution in [2.24, 2.45) is 11.7 Å². The molecule has 0 aliphatic heterocycles. The molecule has 22 heavy (non-hydrogen) atoms. The number of rotatable bonds is 5. The Morgan fingerprint density at radius 2 is 2.05 bits per heavy atom. The van der Waals surface area contributed by atoms with Gasteiger partial charge in [0.05, 0.1) is 5.41 Å². The van der Waals surface area contributed by atoms with Crippen LogP contribution in [0.2, 0.25) is 5.02 Å². The van der Waals surface area contributed by atoms with Crippen LogP contribution in [-0.4, -0.2) is 18.5 Å². The topological polar surface area (TPSA) is 55.1 Å². The van der Waals surface area contributed by atoms with Gasteiger partial charge in [-0.05, 0) is 49.3 Å². The smallest absolute Gasteiger partial charge is 0.230 e. The molecule has 122 valence electrons. The van der Waals surface area contributed by atoms with E-state index in [9.17, 15) is 4.79 Å². The highest BCUT2D eigenvalue weighted by Gasteiger charge is 2.44. The lowest BCUT2D eigenvalue weighted by Gasteiger charge is -2.31. The molecule has 1 atom stereocenters. The molecule has 0 bridgehead atoms. The molecule has 0 spiro atoms. The summed E-state index contributed by atoms with van der Waals surface area (Å²) in [7, 11) is 0. The maximum Gasteiger partial charge on any atom is 0.230 e. The van der Waals surface area contributed by atoms with Crippen LogP contribution in [0.1, 0.15) is 44.1 Å². The summed E-state index contributed by atoms with van der Waals surface area (Å²) < 4.78 is 0. The lowest BCUT2D eigenvalue weighted by Crippen LogP contribution is -2.50. The van der Waals surface area contributed by atoms with Gasteiger partial charge in [-0.25, -0.2) is 0 Å². The van der Waals surface area contributed by atoms with E-state index in [4.69, 9.17) is 17.3 Å². The van der Waals surface area contributed by atoms with Gasteiger partial charge in [0.15, 0.2) is 0 Å². The molecule has 0 heterocycles. The standard InChI is InChI=1S/C17H23ClN2O.ClH/c18-14-5-3-4-13(10-14)17(8-1-2-9-17)16(21)20-15(11-19)12-6-7-12;/h3-5,10,12,15H,1-2,6-9,11,19H2,(H,20,21);1H. The van der Waals surface area contributed by atoms with Gasteiger partial charge in [0.1, 0.15) is 0 Å². The van der Waals surface area contributed by atoms with Crippen molar-refractivity contribution in [3.05, 3.63) is 34.9 Å². The van der Waals surface area contributed by atoms with Crippen molar-refractivity contribution >= 4 is 29.9 Å². The van der Waals surface area contributed by atoms with E-state index in [-0.39, 0.29) is 24.4 Å².